The topological polar surface area (TPSA) is 129 Å². The molecule has 2 aliphatic carbocycles. The van der Waals surface area contributed by atoms with Gasteiger partial charge in [0.25, 0.3) is 0 Å². The van der Waals surface area contributed by atoms with Gasteiger partial charge in [0.05, 0.1) is 24.9 Å². The van der Waals surface area contributed by atoms with Crippen molar-refractivity contribution in [1.82, 2.24) is 16.0 Å². The van der Waals surface area contributed by atoms with E-state index in [9.17, 15) is 19.5 Å². The predicted octanol–water partition coefficient (Wildman–Crippen LogP) is 3.33. The van der Waals surface area contributed by atoms with Crippen LogP contribution in [0.4, 0.5) is 0 Å². The van der Waals surface area contributed by atoms with E-state index in [-0.39, 0.29) is 29.4 Å². The molecule has 0 bridgehead atoms. The van der Waals surface area contributed by atoms with Gasteiger partial charge in [0.1, 0.15) is 17.8 Å². The van der Waals surface area contributed by atoms with Crippen molar-refractivity contribution in [2.24, 2.45) is 5.92 Å². The summed E-state index contributed by atoms with van der Waals surface area (Å²) in [6, 6.07) is 5.69. The summed E-state index contributed by atoms with van der Waals surface area (Å²) in [6.45, 7) is 6.16. The Morgan fingerprint density at radius 1 is 1.05 bits per heavy atom. The van der Waals surface area contributed by atoms with Crippen LogP contribution >= 0.6 is 0 Å². The summed E-state index contributed by atoms with van der Waals surface area (Å²) in [5, 5.41) is 19.2. The van der Waals surface area contributed by atoms with E-state index < -0.39 is 23.6 Å². The van der Waals surface area contributed by atoms with Gasteiger partial charge in [-0.05, 0) is 96.3 Å². The Morgan fingerprint density at radius 3 is 2.32 bits per heavy atom. The van der Waals surface area contributed by atoms with Crippen molar-refractivity contribution in [2.45, 2.75) is 114 Å². The average molecular weight is 570 g/mol. The molecule has 2 fully saturated rings. The SMILES string of the molecule is COc1ccc(CC(NC(=O)C(C)NC(=O)C2CCC(C)(O)CC2)C(=O)NC(CC2=CCCC2)CC2(C)CO2)cc1. The Balaban J connectivity index is 1.42. The first-order valence-electron chi connectivity index (χ1n) is 15.0. The fourth-order valence-corrected chi connectivity index (χ4v) is 5.88. The smallest absolute Gasteiger partial charge is 0.243 e. The van der Waals surface area contributed by atoms with Crippen LogP contribution in [0.3, 0.4) is 0 Å². The minimum absolute atomic E-state index is 0.102. The molecule has 9 nitrogen and oxygen atoms in total. The second-order valence-corrected chi connectivity index (χ2v) is 12.7. The summed E-state index contributed by atoms with van der Waals surface area (Å²) in [7, 11) is 1.60. The molecule has 0 spiro atoms. The zero-order valence-electron chi connectivity index (χ0n) is 25.0. The minimum Gasteiger partial charge on any atom is -0.497 e. The molecule has 0 radical (unpaired) electrons. The molecule has 1 saturated carbocycles. The van der Waals surface area contributed by atoms with Crippen LogP contribution in [0.25, 0.3) is 0 Å². The van der Waals surface area contributed by atoms with E-state index in [0.717, 1.165) is 31.2 Å². The highest BCUT2D eigenvalue weighted by Crippen LogP contribution is 2.34. The molecule has 4 unspecified atom stereocenters. The lowest BCUT2D eigenvalue weighted by Crippen LogP contribution is -2.55. The van der Waals surface area contributed by atoms with Gasteiger partial charge in [0.15, 0.2) is 0 Å². The van der Waals surface area contributed by atoms with Gasteiger partial charge >= 0.3 is 0 Å². The number of epoxide rings is 1. The second-order valence-electron chi connectivity index (χ2n) is 12.7. The largest absolute Gasteiger partial charge is 0.497 e. The summed E-state index contributed by atoms with van der Waals surface area (Å²) in [6.07, 6.45) is 9.57. The zero-order valence-corrected chi connectivity index (χ0v) is 25.0. The second kappa shape index (κ2) is 13.4. The maximum atomic E-state index is 13.7. The van der Waals surface area contributed by atoms with E-state index in [1.54, 1.807) is 21.0 Å². The van der Waals surface area contributed by atoms with Crippen molar-refractivity contribution in [1.29, 1.82) is 0 Å². The first-order chi connectivity index (χ1) is 19.4. The Morgan fingerprint density at radius 2 is 1.73 bits per heavy atom. The highest BCUT2D eigenvalue weighted by atomic mass is 16.6. The normalized spacial score (nSPS) is 27.6. The van der Waals surface area contributed by atoms with Crippen molar-refractivity contribution in [3.63, 3.8) is 0 Å². The number of hydrogen-bond acceptors (Lipinski definition) is 6. The van der Waals surface area contributed by atoms with Crippen LogP contribution in [0, 0.1) is 5.92 Å². The fourth-order valence-electron chi connectivity index (χ4n) is 5.88. The van der Waals surface area contributed by atoms with Crippen molar-refractivity contribution >= 4 is 17.7 Å². The molecule has 4 N–H and O–H groups in total. The third-order valence-corrected chi connectivity index (χ3v) is 8.72. The van der Waals surface area contributed by atoms with Crippen molar-refractivity contribution in [2.75, 3.05) is 13.7 Å². The number of methoxy groups -OCH3 is 1. The van der Waals surface area contributed by atoms with Crippen LogP contribution < -0.4 is 20.7 Å². The summed E-state index contributed by atoms with van der Waals surface area (Å²) in [4.78, 5) is 39.9. The highest BCUT2D eigenvalue weighted by Gasteiger charge is 2.42. The van der Waals surface area contributed by atoms with Gasteiger partial charge in [0, 0.05) is 18.4 Å². The molecule has 226 valence electrons. The average Bonchev–Trinajstić information content (AvgIpc) is 3.42. The third kappa shape index (κ3) is 9.30. The molecule has 4 atom stereocenters. The number of aliphatic hydroxyl groups is 1. The number of ether oxygens (including phenoxy) is 2. The van der Waals surface area contributed by atoms with Crippen LogP contribution in [0.2, 0.25) is 0 Å². The highest BCUT2D eigenvalue weighted by molar-refractivity contribution is 5.92. The Labute approximate surface area is 243 Å². The molecule has 4 rings (SSSR count). The number of carbonyl (C=O) groups is 3. The van der Waals surface area contributed by atoms with Crippen LogP contribution in [0.5, 0.6) is 5.75 Å². The summed E-state index contributed by atoms with van der Waals surface area (Å²) >= 11 is 0. The van der Waals surface area contributed by atoms with Crippen molar-refractivity contribution in [3.05, 3.63) is 41.5 Å². The van der Waals surface area contributed by atoms with Gasteiger partial charge in [-0.3, -0.25) is 14.4 Å². The molecule has 3 amide bonds. The fraction of sp³-hybridized carbons (Fsp3) is 0.656. The minimum atomic E-state index is -0.826. The van der Waals surface area contributed by atoms with Crippen LogP contribution in [0.15, 0.2) is 35.9 Å². The van der Waals surface area contributed by atoms with E-state index in [2.05, 4.69) is 29.0 Å². The lowest BCUT2D eigenvalue weighted by Gasteiger charge is -2.32. The standard InChI is InChI=1S/C32H47N3O6/c1-21(33-29(37)24-13-15-31(2,39)16-14-24)28(36)35-27(18-23-9-11-26(40-4)12-10-23)30(38)34-25(19-32(3)20-41-32)17-22-7-5-6-8-22/h7,9-12,21,24-25,27,39H,5-6,8,13-20H2,1-4H3,(H,33,37)(H,34,38)(H,35,36). The number of hydrogen-bond donors (Lipinski definition) is 4. The summed E-state index contributed by atoms with van der Waals surface area (Å²) in [5.74, 6) is -0.387. The molecule has 1 saturated heterocycles. The molecule has 1 aromatic carbocycles. The van der Waals surface area contributed by atoms with Gasteiger partial charge in [-0.2, -0.15) is 0 Å². The van der Waals surface area contributed by atoms with Gasteiger partial charge < -0.3 is 30.5 Å². The molecular formula is C32H47N3O6. The maximum Gasteiger partial charge on any atom is 0.243 e. The number of rotatable bonds is 13. The van der Waals surface area contributed by atoms with E-state index >= 15 is 0 Å². The van der Waals surface area contributed by atoms with Crippen LogP contribution in [-0.4, -0.2) is 65.9 Å². The molecule has 41 heavy (non-hydrogen) atoms. The summed E-state index contributed by atoms with van der Waals surface area (Å²) < 4.78 is 10.9. The molecular weight excluding hydrogens is 522 g/mol. The number of amides is 3. The number of carbonyl (C=O) groups excluding carboxylic acids is 3. The quantitative estimate of drug-likeness (QED) is 0.213. The Kier molecular flexibility index (Phi) is 10.1. The molecule has 1 aliphatic heterocycles. The van der Waals surface area contributed by atoms with Gasteiger partial charge in [-0.15, -0.1) is 0 Å². The molecule has 1 aromatic rings. The predicted molar refractivity (Wildman–Crippen MR) is 156 cm³/mol. The van der Waals surface area contributed by atoms with Crippen molar-refractivity contribution in [3.8, 4) is 5.75 Å². The Bertz CT molecular complexity index is 1100. The molecule has 3 aliphatic rings. The van der Waals surface area contributed by atoms with Gasteiger partial charge in [0.2, 0.25) is 17.7 Å². The molecule has 0 aromatic heterocycles. The lowest BCUT2D eigenvalue weighted by molar-refractivity contribution is -0.134. The van der Waals surface area contributed by atoms with Gasteiger partial charge in [-0.25, -0.2) is 0 Å². The van der Waals surface area contributed by atoms with Crippen LogP contribution in [0.1, 0.15) is 84.1 Å². The van der Waals surface area contributed by atoms with E-state index in [1.807, 2.05) is 24.3 Å². The number of nitrogens with one attached hydrogen (secondary N) is 3. The van der Waals surface area contributed by atoms with Crippen molar-refractivity contribution < 1.29 is 29.0 Å². The summed E-state index contributed by atoms with van der Waals surface area (Å²) in [5.41, 5.74) is 1.27. The van der Waals surface area contributed by atoms with E-state index in [4.69, 9.17) is 9.47 Å². The monoisotopic (exact) mass is 569 g/mol. The Hall–Kier alpha value is -2.91. The lowest BCUT2D eigenvalue weighted by atomic mass is 9.79. The molecule has 9 heteroatoms. The molecule has 1 heterocycles. The number of allylic oxidation sites excluding steroid dienone is 1. The number of benzene rings is 1. The first kappa shape index (κ1) is 31.0. The first-order valence-corrected chi connectivity index (χ1v) is 15.0. The van der Waals surface area contributed by atoms with Gasteiger partial charge in [-0.1, -0.05) is 23.8 Å². The van der Waals surface area contributed by atoms with E-state index in [1.165, 1.54) is 5.57 Å². The van der Waals surface area contributed by atoms with E-state index in [0.29, 0.717) is 50.9 Å². The zero-order chi connectivity index (χ0) is 29.6. The maximum absolute atomic E-state index is 13.7. The van der Waals surface area contributed by atoms with Crippen LogP contribution in [-0.2, 0) is 25.5 Å². The third-order valence-electron chi connectivity index (χ3n) is 8.72.